The topological polar surface area (TPSA) is 47.9 Å². The molecule has 0 saturated carbocycles. The summed E-state index contributed by atoms with van der Waals surface area (Å²) in [7, 11) is -5.29. The lowest BCUT2D eigenvalue weighted by Crippen LogP contribution is -2.52. The van der Waals surface area contributed by atoms with E-state index < -0.39 is 31.0 Å². The largest absolute Gasteiger partial charge is 0.505 e. The van der Waals surface area contributed by atoms with Crippen LogP contribution in [0.2, 0.25) is 51.9 Å². The number of unbranched alkanes of at least 4 members (excludes halogenated alkanes) is 6. The van der Waals surface area contributed by atoms with E-state index in [1.807, 2.05) is 0 Å². The second kappa shape index (κ2) is 12.4. The van der Waals surface area contributed by atoms with Crippen molar-refractivity contribution in [2.75, 3.05) is 6.61 Å². The lowest BCUT2D eigenvalue weighted by Gasteiger charge is -2.38. The summed E-state index contributed by atoms with van der Waals surface area (Å²) in [6, 6.07) is 5.23. The molecule has 0 bridgehead atoms. The molecule has 0 aromatic heterocycles. The first-order valence-electron chi connectivity index (χ1n) is 11.3. The fourth-order valence-corrected chi connectivity index (χ4v) is 16.2. The van der Waals surface area contributed by atoms with E-state index in [0.29, 0.717) is 12.4 Å². The SMILES string of the molecule is C[Si](C)(C)O[Si](C)(CCCCCCCCCOc1ccc(O)c(F)c1)O[Si](C)(C)C. The van der Waals surface area contributed by atoms with Crippen LogP contribution in [0.3, 0.4) is 0 Å². The number of aromatic hydroxyl groups is 1. The average Bonchev–Trinajstić information content (AvgIpc) is 2.56. The van der Waals surface area contributed by atoms with Gasteiger partial charge in [0.1, 0.15) is 5.75 Å². The summed E-state index contributed by atoms with van der Waals surface area (Å²) in [4.78, 5) is 0. The zero-order chi connectivity index (χ0) is 22.8. The van der Waals surface area contributed by atoms with Crippen LogP contribution >= 0.6 is 0 Å². The molecule has 4 nitrogen and oxygen atoms in total. The maximum Gasteiger partial charge on any atom is 0.314 e. The molecule has 1 aromatic rings. The van der Waals surface area contributed by atoms with Crippen molar-refractivity contribution in [1.82, 2.24) is 0 Å². The minimum absolute atomic E-state index is 0.343. The van der Waals surface area contributed by atoms with Crippen LogP contribution < -0.4 is 4.74 Å². The molecule has 0 saturated heterocycles. The van der Waals surface area contributed by atoms with Crippen molar-refractivity contribution in [2.24, 2.45) is 0 Å². The Hall–Kier alpha value is -0.679. The van der Waals surface area contributed by atoms with E-state index in [1.165, 1.54) is 44.2 Å². The Kier molecular flexibility index (Phi) is 11.3. The molecule has 0 unspecified atom stereocenters. The Bertz CT molecular complexity index is 614. The summed E-state index contributed by atoms with van der Waals surface area (Å²) < 4.78 is 31.9. The Labute approximate surface area is 186 Å². The number of halogens is 1. The highest BCUT2D eigenvalue weighted by Gasteiger charge is 2.39. The van der Waals surface area contributed by atoms with E-state index in [-0.39, 0.29) is 5.75 Å². The summed E-state index contributed by atoms with van der Waals surface area (Å²) in [5.41, 5.74) is 0. The minimum atomic E-state index is -2.08. The van der Waals surface area contributed by atoms with Crippen molar-refractivity contribution in [2.45, 2.75) is 96.8 Å². The molecule has 1 aromatic carbocycles. The molecular formula is C22H43FO4Si3. The normalized spacial score (nSPS) is 12.9. The molecule has 0 spiro atoms. The van der Waals surface area contributed by atoms with Crippen LogP contribution in [0.1, 0.15) is 44.9 Å². The molecule has 0 heterocycles. The second-order valence-corrected chi connectivity index (χ2v) is 23.1. The van der Waals surface area contributed by atoms with Crippen molar-refractivity contribution < 1.29 is 22.5 Å². The molecule has 174 valence electrons. The third-order valence-corrected chi connectivity index (χ3v) is 14.1. The highest BCUT2D eigenvalue weighted by molar-refractivity contribution is 6.87. The summed E-state index contributed by atoms with van der Waals surface area (Å²) in [6.07, 6.45) is 8.17. The van der Waals surface area contributed by atoms with Crippen LogP contribution in [0.25, 0.3) is 0 Å². The minimum Gasteiger partial charge on any atom is -0.505 e. The molecule has 0 amide bonds. The highest BCUT2D eigenvalue weighted by atomic mass is 28.5. The Morgan fingerprint density at radius 2 is 1.27 bits per heavy atom. The van der Waals surface area contributed by atoms with Crippen molar-refractivity contribution >= 4 is 25.2 Å². The van der Waals surface area contributed by atoms with Gasteiger partial charge in [-0.15, -0.1) is 0 Å². The predicted molar refractivity (Wildman–Crippen MR) is 131 cm³/mol. The molecule has 0 aliphatic rings. The van der Waals surface area contributed by atoms with Crippen LogP contribution in [0.15, 0.2) is 18.2 Å². The first kappa shape index (κ1) is 27.4. The summed E-state index contributed by atoms with van der Waals surface area (Å²) >= 11 is 0. The molecule has 8 heteroatoms. The van der Waals surface area contributed by atoms with Crippen molar-refractivity contribution in [1.29, 1.82) is 0 Å². The summed E-state index contributed by atoms with van der Waals surface area (Å²) in [5.74, 6) is -0.514. The van der Waals surface area contributed by atoms with E-state index in [0.717, 1.165) is 18.9 Å². The highest BCUT2D eigenvalue weighted by Crippen LogP contribution is 2.27. The van der Waals surface area contributed by atoms with Crippen LogP contribution in [-0.4, -0.2) is 36.9 Å². The Morgan fingerprint density at radius 3 is 1.77 bits per heavy atom. The summed E-state index contributed by atoms with van der Waals surface area (Å²) in [6.45, 7) is 16.4. The quantitative estimate of drug-likeness (QED) is 0.212. The maximum absolute atomic E-state index is 13.3. The van der Waals surface area contributed by atoms with E-state index in [1.54, 1.807) is 6.07 Å². The van der Waals surface area contributed by atoms with Gasteiger partial charge in [0, 0.05) is 6.07 Å². The standard InChI is InChI=1S/C22H43FO4Si3/c1-28(2,3)26-30(7,27-29(4,5)6)18-14-12-10-8-9-11-13-17-25-20-15-16-22(24)21(23)19-20/h15-16,19,24H,8-14,17-18H2,1-7H3. The lowest BCUT2D eigenvalue weighted by molar-refractivity contribution is 0.301. The average molecular weight is 475 g/mol. The first-order valence-corrected chi connectivity index (χ1v) is 20.7. The Balaban J connectivity index is 2.16. The van der Waals surface area contributed by atoms with E-state index >= 15 is 0 Å². The number of benzene rings is 1. The van der Waals surface area contributed by atoms with Gasteiger partial charge in [-0.1, -0.05) is 38.5 Å². The molecule has 1 rings (SSSR count). The van der Waals surface area contributed by atoms with Gasteiger partial charge < -0.3 is 18.1 Å². The van der Waals surface area contributed by atoms with Gasteiger partial charge in [0.15, 0.2) is 28.2 Å². The second-order valence-electron chi connectivity index (χ2n) is 10.2. The van der Waals surface area contributed by atoms with Crippen LogP contribution in [0.4, 0.5) is 4.39 Å². The third kappa shape index (κ3) is 12.9. The number of hydrogen-bond acceptors (Lipinski definition) is 4. The molecular weight excluding hydrogens is 431 g/mol. The van der Waals surface area contributed by atoms with Gasteiger partial charge in [0.2, 0.25) is 0 Å². The number of ether oxygens (including phenoxy) is 1. The fraction of sp³-hybridized carbons (Fsp3) is 0.727. The smallest absolute Gasteiger partial charge is 0.314 e. The maximum atomic E-state index is 13.3. The summed E-state index contributed by atoms with van der Waals surface area (Å²) in [5, 5.41) is 9.18. The number of rotatable bonds is 15. The van der Waals surface area contributed by atoms with E-state index in [4.69, 9.17) is 13.0 Å². The lowest BCUT2D eigenvalue weighted by atomic mass is 10.1. The van der Waals surface area contributed by atoms with E-state index in [2.05, 4.69) is 45.8 Å². The molecule has 0 aliphatic heterocycles. The van der Waals surface area contributed by atoms with E-state index in [9.17, 15) is 9.50 Å². The van der Waals surface area contributed by atoms with Crippen molar-refractivity contribution in [3.8, 4) is 11.5 Å². The predicted octanol–water partition coefficient (Wildman–Crippen LogP) is 7.42. The van der Waals surface area contributed by atoms with Gasteiger partial charge in [-0.2, -0.15) is 0 Å². The van der Waals surface area contributed by atoms with Gasteiger partial charge in [-0.25, -0.2) is 4.39 Å². The Morgan fingerprint density at radius 1 is 0.767 bits per heavy atom. The molecule has 30 heavy (non-hydrogen) atoms. The molecule has 1 N–H and O–H groups in total. The molecule has 0 fully saturated rings. The number of phenolic OH excluding ortho intramolecular Hbond substituents is 1. The zero-order valence-corrected chi connectivity index (χ0v) is 23.1. The molecule has 0 aliphatic carbocycles. The number of hydrogen-bond donors (Lipinski definition) is 1. The van der Waals surface area contributed by atoms with Crippen molar-refractivity contribution in [3.05, 3.63) is 24.0 Å². The molecule has 0 atom stereocenters. The zero-order valence-electron chi connectivity index (χ0n) is 20.1. The molecule has 0 radical (unpaired) electrons. The third-order valence-electron chi connectivity index (χ3n) is 4.51. The van der Waals surface area contributed by atoms with Crippen molar-refractivity contribution in [3.63, 3.8) is 0 Å². The van der Waals surface area contributed by atoms with Gasteiger partial charge in [-0.05, 0) is 70.4 Å². The van der Waals surface area contributed by atoms with Gasteiger partial charge in [0.05, 0.1) is 6.61 Å². The van der Waals surface area contributed by atoms with Crippen LogP contribution in [0.5, 0.6) is 11.5 Å². The monoisotopic (exact) mass is 474 g/mol. The first-order chi connectivity index (χ1) is 13.8. The van der Waals surface area contributed by atoms with Crippen LogP contribution in [-0.2, 0) is 8.23 Å². The van der Waals surface area contributed by atoms with Gasteiger partial charge in [-0.3, -0.25) is 0 Å². The van der Waals surface area contributed by atoms with Gasteiger partial charge in [0.25, 0.3) is 0 Å². The fourth-order valence-electron chi connectivity index (χ4n) is 3.62. The van der Waals surface area contributed by atoms with Gasteiger partial charge >= 0.3 is 8.56 Å². The van der Waals surface area contributed by atoms with Crippen LogP contribution in [0, 0.1) is 5.82 Å². The number of phenols is 1.